The number of hydrogen-bond donors (Lipinski definition) is 1. The first-order valence-electron chi connectivity index (χ1n) is 7.69. The van der Waals surface area contributed by atoms with E-state index in [4.69, 9.17) is 13.8 Å². The number of nitrogens with zero attached hydrogens (tertiary/aromatic N) is 3. The molecular formula is C17H17FN4O4. The number of carbonyl (C=O) groups is 1. The fraction of sp³-hybridized carbons (Fsp3) is 0.235. The van der Waals surface area contributed by atoms with Gasteiger partial charge >= 0.3 is 0 Å². The minimum atomic E-state index is -0.513. The smallest absolute Gasteiger partial charge is 0.259 e. The first-order chi connectivity index (χ1) is 12.5. The molecule has 0 aliphatic rings. The van der Waals surface area contributed by atoms with Crippen LogP contribution in [0.15, 0.2) is 39.6 Å². The van der Waals surface area contributed by atoms with Crippen molar-refractivity contribution in [3.63, 3.8) is 0 Å². The summed E-state index contributed by atoms with van der Waals surface area (Å²) in [5.41, 5.74) is 1.27. The number of ether oxygens (including phenoxy) is 1. The van der Waals surface area contributed by atoms with E-state index in [9.17, 15) is 9.18 Å². The molecule has 3 aromatic rings. The Morgan fingerprint density at radius 2 is 2.12 bits per heavy atom. The largest absolute Gasteiger partial charge is 0.494 e. The number of benzene rings is 1. The van der Waals surface area contributed by atoms with Gasteiger partial charge in [-0.2, -0.15) is 0 Å². The van der Waals surface area contributed by atoms with E-state index in [-0.39, 0.29) is 23.6 Å². The van der Waals surface area contributed by atoms with E-state index in [1.807, 2.05) is 0 Å². The van der Waals surface area contributed by atoms with Crippen LogP contribution in [-0.2, 0) is 6.54 Å². The van der Waals surface area contributed by atoms with Crippen molar-refractivity contribution < 1.29 is 23.0 Å². The molecule has 9 heteroatoms. The number of amides is 1. The predicted molar refractivity (Wildman–Crippen MR) is 90.4 cm³/mol. The van der Waals surface area contributed by atoms with Crippen molar-refractivity contribution in [3.8, 4) is 17.1 Å². The predicted octanol–water partition coefficient (Wildman–Crippen LogP) is 2.47. The number of hydrogen-bond acceptors (Lipinski definition) is 7. The van der Waals surface area contributed by atoms with Gasteiger partial charge in [0.1, 0.15) is 17.5 Å². The van der Waals surface area contributed by atoms with Gasteiger partial charge in [0.25, 0.3) is 5.91 Å². The molecule has 0 radical (unpaired) electrons. The minimum Gasteiger partial charge on any atom is -0.494 e. The zero-order valence-corrected chi connectivity index (χ0v) is 14.4. The highest BCUT2D eigenvalue weighted by Gasteiger charge is 2.26. The Morgan fingerprint density at radius 1 is 1.31 bits per heavy atom. The van der Waals surface area contributed by atoms with E-state index in [1.54, 1.807) is 25.1 Å². The molecule has 3 rings (SSSR count). The number of methoxy groups -OCH3 is 1. The van der Waals surface area contributed by atoms with Crippen LogP contribution in [-0.4, -0.2) is 37.4 Å². The highest BCUT2D eigenvalue weighted by Crippen LogP contribution is 2.33. The summed E-state index contributed by atoms with van der Waals surface area (Å²) in [6.45, 7) is 0.180. The molecule has 1 N–H and O–H groups in total. The second-order valence-corrected chi connectivity index (χ2v) is 5.63. The second-order valence-electron chi connectivity index (χ2n) is 5.63. The Hall–Kier alpha value is -3.36. The van der Waals surface area contributed by atoms with Gasteiger partial charge in [-0.05, 0) is 18.2 Å². The zero-order valence-electron chi connectivity index (χ0n) is 14.4. The van der Waals surface area contributed by atoms with Gasteiger partial charge in [0, 0.05) is 25.7 Å². The van der Waals surface area contributed by atoms with Gasteiger partial charge in [0.05, 0.1) is 13.7 Å². The summed E-state index contributed by atoms with van der Waals surface area (Å²) < 4.78 is 28.8. The maximum absolute atomic E-state index is 13.7. The lowest BCUT2D eigenvalue weighted by molar-refractivity contribution is 0.0951. The Morgan fingerprint density at radius 3 is 2.77 bits per heavy atom. The average molecular weight is 360 g/mol. The molecule has 8 nitrogen and oxygen atoms in total. The lowest BCUT2D eigenvalue weighted by atomic mass is 10.1. The van der Waals surface area contributed by atoms with Crippen LogP contribution < -0.4 is 15.0 Å². The fourth-order valence-corrected chi connectivity index (χ4v) is 2.38. The molecule has 0 aliphatic carbocycles. The van der Waals surface area contributed by atoms with Crippen LogP contribution in [0, 0.1) is 5.82 Å². The van der Waals surface area contributed by atoms with Crippen LogP contribution in [0.2, 0.25) is 0 Å². The summed E-state index contributed by atoms with van der Waals surface area (Å²) in [7, 11) is 4.84. The van der Waals surface area contributed by atoms with Crippen molar-refractivity contribution in [1.29, 1.82) is 0 Å². The first kappa shape index (κ1) is 17.5. The molecule has 1 amide bonds. The molecule has 0 saturated carbocycles. The van der Waals surface area contributed by atoms with E-state index in [0.29, 0.717) is 17.1 Å². The molecule has 136 valence electrons. The summed E-state index contributed by atoms with van der Waals surface area (Å²) in [4.78, 5) is 14.4. The lowest BCUT2D eigenvalue weighted by Crippen LogP contribution is -2.25. The molecule has 0 bridgehead atoms. The molecule has 1 aromatic carbocycles. The van der Waals surface area contributed by atoms with Gasteiger partial charge in [0.2, 0.25) is 0 Å². The first-order valence-corrected chi connectivity index (χ1v) is 7.69. The molecular weight excluding hydrogens is 343 g/mol. The summed E-state index contributed by atoms with van der Waals surface area (Å²) in [6.07, 6.45) is 1.42. The van der Waals surface area contributed by atoms with Crippen LogP contribution >= 0.6 is 0 Å². The normalized spacial score (nSPS) is 10.6. The molecule has 26 heavy (non-hydrogen) atoms. The number of carbonyl (C=O) groups excluding carboxylic acids is 1. The molecule has 0 saturated heterocycles. The van der Waals surface area contributed by atoms with Crippen molar-refractivity contribution in [2.24, 2.45) is 0 Å². The van der Waals surface area contributed by atoms with Gasteiger partial charge in [-0.15, -0.1) is 0 Å². The van der Waals surface area contributed by atoms with Gasteiger partial charge < -0.3 is 24.0 Å². The van der Waals surface area contributed by atoms with Crippen LogP contribution in [0.4, 0.5) is 10.2 Å². The van der Waals surface area contributed by atoms with E-state index >= 15 is 0 Å². The standard InChI is InChI=1S/C17H17FN4O4/c1-22(2)16-14(17(23)19-9-11-6-7-25-20-11)15(26-21-16)10-4-5-12(18)13(8-10)24-3/h4-8H,9H2,1-3H3,(H,19,23). The molecule has 0 unspecified atom stereocenters. The second kappa shape index (κ2) is 7.26. The molecule has 2 aromatic heterocycles. The van der Waals surface area contributed by atoms with E-state index in [0.717, 1.165) is 0 Å². The maximum atomic E-state index is 13.7. The van der Waals surface area contributed by atoms with Crippen molar-refractivity contribution in [2.45, 2.75) is 6.54 Å². The van der Waals surface area contributed by atoms with Crippen molar-refractivity contribution in [3.05, 3.63) is 47.6 Å². The monoisotopic (exact) mass is 360 g/mol. The number of halogens is 1. The fourth-order valence-electron chi connectivity index (χ4n) is 2.38. The quantitative estimate of drug-likeness (QED) is 0.722. The zero-order chi connectivity index (χ0) is 18.7. The van der Waals surface area contributed by atoms with Crippen LogP contribution in [0.25, 0.3) is 11.3 Å². The maximum Gasteiger partial charge on any atom is 0.259 e. The van der Waals surface area contributed by atoms with Crippen LogP contribution in [0.5, 0.6) is 5.75 Å². The van der Waals surface area contributed by atoms with Gasteiger partial charge in [0.15, 0.2) is 23.1 Å². The summed E-state index contributed by atoms with van der Waals surface area (Å²) in [5, 5.41) is 10.4. The Labute approximate surface area is 148 Å². The average Bonchev–Trinajstić information content (AvgIpc) is 3.29. The van der Waals surface area contributed by atoms with Gasteiger partial charge in [-0.1, -0.05) is 10.3 Å². The third kappa shape index (κ3) is 3.37. The molecule has 0 aliphatic heterocycles. The van der Waals surface area contributed by atoms with Gasteiger partial charge in [-0.25, -0.2) is 4.39 Å². The van der Waals surface area contributed by atoms with Crippen molar-refractivity contribution in [2.75, 3.05) is 26.1 Å². The third-order valence-corrected chi connectivity index (χ3v) is 3.66. The molecule has 0 spiro atoms. The minimum absolute atomic E-state index is 0.0410. The Kier molecular flexibility index (Phi) is 4.87. The van der Waals surface area contributed by atoms with Crippen molar-refractivity contribution >= 4 is 11.7 Å². The number of rotatable bonds is 6. The summed E-state index contributed by atoms with van der Waals surface area (Å²) >= 11 is 0. The van der Waals surface area contributed by atoms with E-state index < -0.39 is 11.7 Å². The van der Waals surface area contributed by atoms with E-state index in [2.05, 4.69) is 15.6 Å². The van der Waals surface area contributed by atoms with Gasteiger partial charge in [-0.3, -0.25) is 4.79 Å². The highest BCUT2D eigenvalue weighted by atomic mass is 19.1. The summed E-state index contributed by atoms with van der Waals surface area (Å²) in [6, 6.07) is 5.82. The van der Waals surface area contributed by atoms with Crippen LogP contribution in [0.1, 0.15) is 16.1 Å². The molecule has 0 atom stereocenters. The Bertz CT molecular complexity index is 906. The van der Waals surface area contributed by atoms with Crippen molar-refractivity contribution in [1.82, 2.24) is 15.6 Å². The number of anilines is 1. The Balaban J connectivity index is 1.97. The van der Waals surface area contributed by atoms with E-state index in [1.165, 1.54) is 31.6 Å². The molecule has 0 fully saturated rings. The number of aromatic nitrogens is 2. The molecule has 2 heterocycles. The SMILES string of the molecule is COc1cc(-c2onc(N(C)C)c2C(=O)NCc2ccon2)ccc1F. The lowest BCUT2D eigenvalue weighted by Gasteiger charge is -2.11. The third-order valence-electron chi connectivity index (χ3n) is 3.66. The topological polar surface area (TPSA) is 93.6 Å². The number of nitrogens with one attached hydrogen (secondary N) is 1. The summed E-state index contributed by atoms with van der Waals surface area (Å²) in [5.74, 6) is -0.318. The highest BCUT2D eigenvalue weighted by molar-refractivity contribution is 6.04. The van der Waals surface area contributed by atoms with Crippen LogP contribution in [0.3, 0.4) is 0 Å².